The smallest absolute Gasteiger partial charge is 0.813 e. The number of hydrogen-bond acceptors (Lipinski definition) is 1. The maximum absolute atomic E-state index is 0. The van der Waals surface area contributed by atoms with Crippen molar-refractivity contribution >= 4 is 44.9 Å². The van der Waals surface area contributed by atoms with Crippen molar-refractivity contribution in [2.24, 2.45) is 0 Å². The van der Waals surface area contributed by atoms with Crippen LogP contribution in [0.2, 0.25) is 0 Å². The monoisotopic (exact) mass is 168 g/mol. The molecule has 0 aliphatic carbocycles. The third-order valence-electron chi connectivity index (χ3n) is 0. The van der Waals surface area contributed by atoms with Crippen LogP contribution in [0, 0.1) is 0 Å². The molecule has 0 aromatic heterocycles. The zero-order valence-electron chi connectivity index (χ0n) is 2.65. The Labute approximate surface area is 73.6 Å². The molecule has 0 spiro atoms. The molecule has 4 heavy (non-hydrogen) atoms. The van der Waals surface area contributed by atoms with Crippen molar-refractivity contribution in [3.8, 4) is 0 Å². The van der Waals surface area contributed by atoms with Gasteiger partial charge in [0.25, 0.3) is 0 Å². The van der Waals surface area contributed by atoms with Gasteiger partial charge in [-0.25, -0.2) is 0 Å². The van der Waals surface area contributed by atoms with E-state index in [2.05, 4.69) is 0 Å². The van der Waals surface area contributed by atoms with Gasteiger partial charge in [-0.05, 0) is 0 Å². The molecule has 24 valence electrons. The fourth-order valence-corrected chi connectivity index (χ4v) is 0. The van der Waals surface area contributed by atoms with Crippen LogP contribution in [-0.2, 0) is 13.5 Å². The summed E-state index contributed by atoms with van der Waals surface area (Å²) in [7, 11) is 0. The predicted molar refractivity (Wildman–Crippen MR) is 29.1 cm³/mol. The van der Waals surface area contributed by atoms with Crippen molar-refractivity contribution in [1.29, 1.82) is 0 Å². The minimum atomic E-state index is 0. The Morgan fingerprint density at radius 1 is 1.00 bits per heavy atom. The maximum atomic E-state index is 0. The van der Waals surface area contributed by atoms with Crippen LogP contribution in [0.15, 0.2) is 0 Å². The molecule has 4 heteroatoms. The van der Waals surface area contributed by atoms with E-state index in [1.807, 2.05) is 0 Å². The van der Waals surface area contributed by atoms with Crippen molar-refractivity contribution < 1.29 is 29.6 Å². The third kappa shape index (κ3) is 8.86. The summed E-state index contributed by atoms with van der Waals surface area (Å²) in [5.41, 5.74) is 0. The molecule has 0 N–H and O–H groups in total. The van der Waals surface area contributed by atoms with Gasteiger partial charge in [-0.1, -0.05) is 0 Å². The van der Waals surface area contributed by atoms with E-state index < -0.39 is 0 Å². The summed E-state index contributed by atoms with van der Waals surface area (Å²) in [6.45, 7) is 0. The van der Waals surface area contributed by atoms with Gasteiger partial charge in [-0.2, -0.15) is 13.5 Å². The first kappa shape index (κ1) is 33.9. The Hall–Kier alpha value is 2.26. The molecule has 0 nitrogen and oxygen atoms in total. The van der Waals surface area contributed by atoms with Crippen molar-refractivity contribution in [2.45, 2.75) is 0 Å². The van der Waals surface area contributed by atoms with E-state index in [9.17, 15) is 0 Å². The van der Waals surface area contributed by atoms with Gasteiger partial charge in [0, 0.05) is 0 Å². The second kappa shape index (κ2) is 18.7. The second-order valence-corrected chi connectivity index (χ2v) is 0. The fraction of sp³-hybridized carbons (Fsp3) is 0. The Morgan fingerprint density at radius 3 is 1.00 bits per heavy atom. The van der Waals surface area contributed by atoms with E-state index in [1.165, 1.54) is 0 Å². The van der Waals surface area contributed by atoms with Gasteiger partial charge in [0.2, 0.25) is 0 Å². The van der Waals surface area contributed by atoms with Crippen LogP contribution in [0.4, 0.5) is 0 Å². The van der Waals surface area contributed by atoms with Crippen LogP contribution >= 0.6 is 13.5 Å². The summed E-state index contributed by atoms with van der Waals surface area (Å²) < 4.78 is 0. The SMILES string of the molecule is S.[AsH3].[Na+].[SH-]. The third-order valence-corrected chi connectivity index (χ3v) is 0. The molecule has 0 radical (unpaired) electrons. The Morgan fingerprint density at radius 2 is 1.00 bits per heavy atom. The molecule has 0 aromatic carbocycles. The molecule has 0 fully saturated rings. The van der Waals surface area contributed by atoms with Gasteiger partial charge in [0.15, 0.2) is 0 Å². The first-order chi connectivity index (χ1) is 0. The number of hydrogen-bond donors (Lipinski definition) is 0. The van der Waals surface area contributed by atoms with Crippen LogP contribution in [0.3, 0.4) is 0 Å². The summed E-state index contributed by atoms with van der Waals surface area (Å²) >= 11 is 0. The summed E-state index contributed by atoms with van der Waals surface area (Å²) in [6.07, 6.45) is 0. The molecule has 1 unspecified atom stereocenters. The molecule has 0 aliphatic heterocycles. The fourth-order valence-electron chi connectivity index (χ4n) is 0. The molecule has 0 saturated carbocycles. The quantitative estimate of drug-likeness (QED) is 0.200. The van der Waals surface area contributed by atoms with Gasteiger partial charge in [0.1, 0.15) is 0 Å². The van der Waals surface area contributed by atoms with E-state index in [0.717, 1.165) is 0 Å². The summed E-state index contributed by atoms with van der Waals surface area (Å²) in [4.78, 5) is 0. The number of rotatable bonds is 0. The van der Waals surface area contributed by atoms with Gasteiger partial charge in [-0.3, -0.25) is 0 Å². The van der Waals surface area contributed by atoms with Gasteiger partial charge in [0.05, 0.1) is 0 Å². The molecular formula is H6AsNaS2. The molecule has 0 aliphatic rings. The van der Waals surface area contributed by atoms with E-state index >= 15 is 0 Å². The van der Waals surface area contributed by atoms with E-state index in [-0.39, 0.29) is 74.5 Å². The molecule has 0 saturated heterocycles. The second-order valence-electron chi connectivity index (χ2n) is 0. The van der Waals surface area contributed by atoms with E-state index in [1.54, 1.807) is 0 Å². The van der Waals surface area contributed by atoms with Gasteiger partial charge < -0.3 is 13.5 Å². The summed E-state index contributed by atoms with van der Waals surface area (Å²) in [6, 6.07) is 0. The number of thiol groups is 1. The van der Waals surface area contributed by atoms with Crippen LogP contribution in [0.5, 0.6) is 0 Å². The average Bonchev–Trinajstić information content (AvgIpc) is 0. The van der Waals surface area contributed by atoms with Crippen molar-refractivity contribution in [2.75, 3.05) is 0 Å². The van der Waals surface area contributed by atoms with E-state index in [0.29, 0.717) is 0 Å². The zero-order valence-corrected chi connectivity index (χ0v) is 9.52. The van der Waals surface area contributed by atoms with E-state index in [4.69, 9.17) is 0 Å². The molecule has 0 amide bonds. The first-order valence-electron chi connectivity index (χ1n) is 0. The van der Waals surface area contributed by atoms with Crippen LogP contribution < -0.4 is 29.6 Å². The summed E-state index contributed by atoms with van der Waals surface area (Å²) in [5, 5.41) is 0. The summed E-state index contributed by atoms with van der Waals surface area (Å²) in [5.74, 6) is 0. The van der Waals surface area contributed by atoms with Gasteiger partial charge >= 0.3 is 47.5 Å². The Bertz CT molecular complexity index is 6.00. The standard InChI is InChI=1S/AsH3.Na.2H2S/h1H3;;2*1H2/q;+1;;/p-1. The Balaban J connectivity index is 0. The van der Waals surface area contributed by atoms with Crippen molar-refractivity contribution in [3.63, 3.8) is 0 Å². The molecule has 1 atom stereocenters. The van der Waals surface area contributed by atoms with Crippen LogP contribution in [0.1, 0.15) is 0 Å². The molecule has 0 rings (SSSR count). The molecular weight excluding hydrogens is 162 g/mol. The Kier molecular flexibility index (Phi) is 159. The normalized spacial score (nSPS) is 0. The average molecular weight is 168 g/mol. The predicted octanol–water partition coefficient (Wildman–Crippen LogP) is -4.34. The molecule has 0 aromatic rings. The largest absolute Gasteiger partial charge is 1.00 e. The maximum Gasteiger partial charge on any atom is 1.00 e. The van der Waals surface area contributed by atoms with Crippen molar-refractivity contribution in [3.05, 3.63) is 0 Å². The zero-order chi connectivity index (χ0) is 0. The first-order valence-corrected chi connectivity index (χ1v) is 0. The molecule has 0 heterocycles. The minimum absolute atomic E-state index is 0. The molecule has 0 bridgehead atoms. The van der Waals surface area contributed by atoms with Crippen molar-refractivity contribution in [1.82, 2.24) is 0 Å². The van der Waals surface area contributed by atoms with Crippen LogP contribution in [-0.4, -0.2) is 18.0 Å². The topological polar surface area (TPSA) is 0 Å². The van der Waals surface area contributed by atoms with Crippen LogP contribution in [0.25, 0.3) is 0 Å². The minimum Gasteiger partial charge on any atom is -0.813 e. The van der Waals surface area contributed by atoms with Gasteiger partial charge in [-0.15, -0.1) is 0 Å².